The number of hydrogen-bond acceptors (Lipinski definition) is 3. The van der Waals surface area contributed by atoms with Crippen LogP contribution < -0.4 is 0 Å². The predicted molar refractivity (Wildman–Crippen MR) is 99.1 cm³/mol. The summed E-state index contributed by atoms with van der Waals surface area (Å²) >= 11 is 12.3. The van der Waals surface area contributed by atoms with E-state index in [1.54, 1.807) is 24.5 Å². The van der Waals surface area contributed by atoms with Gasteiger partial charge in [0, 0.05) is 22.0 Å². The van der Waals surface area contributed by atoms with Gasteiger partial charge in [0.2, 0.25) is 5.91 Å². The van der Waals surface area contributed by atoms with Crippen molar-refractivity contribution in [1.29, 1.82) is 0 Å². The van der Waals surface area contributed by atoms with Gasteiger partial charge in [-0.1, -0.05) is 29.3 Å². The molecule has 7 heteroatoms. The first-order valence-corrected chi connectivity index (χ1v) is 8.61. The Morgan fingerprint density at radius 3 is 2.96 bits per heavy atom. The fourth-order valence-electron chi connectivity index (χ4n) is 2.90. The van der Waals surface area contributed by atoms with Crippen LogP contribution in [0.4, 0.5) is 0 Å². The van der Waals surface area contributed by atoms with Gasteiger partial charge in [-0.15, -0.1) is 0 Å². The summed E-state index contributed by atoms with van der Waals surface area (Å²) in [6.45, 7) is 0.545. The number of fused-ring (bicyclic) bond motifs is 1. The molecule has 0 fully saturated rings. The lowest BCUT2D eigenvalue weighted by Gasteiger charge is -2.11. The van der Waals surface area contributed by atoms with Gasteiger partial charge in [0.25, 0.3) is 0 Å². The molecule has 2 aromatic carbocycles. The van der Waals surface area contributed by atoms with E-state index in [-0.39, 0.29) is 12.3 Å². The number of carbonyl (C=O) groups excluding carboxylic acids is 1. The van der Waals surface area contributed by atoms with E-state index in [9.17, 15) is 4.79 Å². The highest BCUT2D eigenvalue weighted by Crippen LogP contribution is 2.25. The van der Waals surface area contributed by atoms with Gasteiger partial charge in [-0.3, -0.25) is 4.79 Å². The van der Waals surface area contributed by atoms with E-state index in [1.165, 1.54) is 5.01 Å². The van der Waals surface area contributed by atoms with Crippen LogP contribution in [0.2, 0.25) is 10.0 Å². The maximum Gasteiger partial charge on any atom is 0.247 e. The summed E-state index contributed by atoms with van der Waals surface area (Å²) in [6.07, 6.45) is 2.59. The molecule has 0 unspecified atom stereocenters. The van der Waals surface area contributed by atoms with Gasteiger partial charge < -0.3 is 4.98 Å². The van der Waals surface area contributed by atoms with Crippen molar-refractivity contribution in [2.75, 3.05) is 6.54 Å². The summed E-state index contributed by atoms with van der Waals surface area (Å²) < 4.78 is 0. The summed E-state index contributed by atoms with van der Waals surface area (Å²) in [4.78, 5) is 19.8. The van der Waals surface area contributed by atoms with Crippen LogP contribution in [0.3, 0.4) is 0 Å². The van der Waals surface area contributed by atoms with Crippen molar-refractivity contribution < 1.29 is 4.79 Å². The van der Waals surface area contributed by atoms with Crippen LogP contribution in [-0.4, -0.2) is 33.1 Å². The number of carbonyl (C=O) groups is 1. The van der Waals surface area contributed by atoms with Crippen LogP contribution in [0.5, 0.6) is 0 Å². The molecular weight excluding hydrogens is 359 g/mol. The normalized spacial score (nSPS) is 14.2. The monoisotopic (exact) mass is 372 g/mol. The first-order valence-electron chi connectivity index (χ1n) is 7.85. The SMILES string of the molecule is O=C(Cc1ccc2nc[nH]c2c1)N1CCC(c2cc(Cl)ccc2Cl)=N1. The second-order valence-electron chi connectivity index (χ2n) is 5.87. The number of imidazole rings is 1. The number of halogens is 2. The van der Waals surface area contributed by atoms with Crippen molar-refractivity contribution in [2.24, 2.45) is 5.10 Å². The molecule has 5 nitrogen and oxygen atoms in total. The van der Waals surface area contributed by atoms with Crippen molar-refractivity contribution in [2.45, 2.75) is 12.8 Å². The molecule has 0 radical (unpaired) electrons. The first-order chi connectivity index (χ1) is 12.1. The summed E-state index contributed by atoms with van der Waals surface area (Å²) in [7, 11) is 0. The van der Waals surface area contributed by atoms with Gasteiger partial charge in [0.1, 0.15) is 0 Å². The van der Waals surface area contributed by atoms with E-state index in [0.29, 0.717) is 23.0 Å². The zero-order valence-corrected chi connectivity index (χ0v) is 14.7. The minimum atomic E-state index is -0.0491. The highest BCUT2D eigenvalue weighted by atomic mass is 35.5. The Hall–Kier alpha value is -2.37. The number of nitrogens with zero attached hydrogens (tertiary/aromatic N) is 3. The highest BCUT2D eigenvalue weighted by Gasteiger charge is 2.23. The van der Waals surface area contributed by atoms with Crippen molar-refractivity contribution >= 4 is 45.9 Å². The van der Waals surface area contributed by atoms with Crippen molar-refractivity contribution in [3.8, 4) is 0 Å². The third-order valence-electron chi connectivity index (χ3n) is 4.17. The lowest BCUT2D eigenvalue weighted by atomic mass is 10.1. The molecule has 3 aromatic rings. The molecule has 0 aliphatic carbocycles. The number of aromatic amines is 1. The molecule has 1 aliphatic rings. The van der Waals surface area contributed by atoms with Gasteiger partial charge >= 0.3 is 0 Å². The maximum atomic E-state index is 12.6. The second kappa shape index (κ2) is 6.50. The largest absolute Gasteiger partial charge is 0.345 e. The van der Waals surface area contributed by atoms with E-state index in [4.69, 9.17) is 23.2 Å². The van der Waals surface area contributed by atoms with E-state index in [0.717, 1.165) is 27.9 Å². The number of aromatic nitrogens is 2. The molecule has 0 atom stereocenters. The predicted octanol–water partition coefficient (Wildman–Crippen LogP) is 4.05. The average molecular weight is 373 g/mol. The van der Waals surface area contributed by atoms with Crippen molar-refractivity contribution in [1.82, 2.24) is 15.0 Å². The zero-order chi connectivity index (χ0) is 17.4. The smallest absolute Gasteiger partial charge is 0.247 e. The number of benzene rings is 2. The van der Waals surface area contributed by atoms with Crippen LogP contribution in [0.25, 0.3) is 11.0 Å². The van der Waals surface area contributed by atoms with E-state index < -0.39 is 0 Å². The molecule has 1 aliphatic heterocycles. The molecule has 25 heavy (non-hydrogen) atoms. The summed E-state index contributed by atoms with van der Waals surface area (Å²) in [5.74, 6) is -0.0491. The summed E-state index contributed by atoms with van der Waals surface area (Å²) in [5, 5.41) is 7.13. The molecule has 126 valence electrons. The van der Waals surface area contributed by atoms with Crippen LogP contribution >= 0.6 is 23.2 Å². The lowest BCUT2D eigenvalue weighted by Crippen LogP contribution is -2.25. The molecule has 0 saturated heterocycles. The number of amides is 1. The maximum absolute atomic E-state index is 12.6. The fourth-order valence-corrected chi connectivity index (χ4v) is 3.30. The second-order valence-corrected chi connectivity index (χ2v) is 6.71. The Morgan fingerprint density at radius 2 is 2.08 bits per heavy atom. The number of nitrogens with one attached hydrogen (secondary N) is 1. The van der Waals surface area contributed by atoms with Crippen LogP contribution in [0.15, 0.2) is 47.8 Å². The van der Waals surface area contributed by atoms with Crippen LogP contribution in [-0.2, 0) is 11.2 Å². The van der Waals surface area contributed by atoms with Gasteiger partial charge in [0.15, 0.2) is 0 Å². The lowest BCUT2D eigenvalue weighted by molar-refractivity contribution is -0.130. The molecule has 1 amide bonds. The van der Waals surface area contributed by atoms with E-state index in [1.807, 2.05) is 18.2 Å². The number of hydrazone groups is 1. The Balaban J connectivity index is 1.53. The highest BCUT2D eigenvalue weighted by molar-refractivity contribution is 6.36. The molecule has 4 rings (SSSR count). The average Bonchev–Trinajstić information content (AvgIpc) is 3.25. The number of rotatable bonds is 3. The van der Waals surface area contributed by atoms with Gasteiger partial charge in [0.05, 0.1) is 36.0 Å². The standard InChI is InChI=1S/C18H14Cl2N4O/c19-12-2-3-14(20)13(9-12)15-5-6-24(23-15)18(25)8-11-1-4-16-17(7-11)22-10-21-16/h1-4,7,9-10H,5-6,8H2,(H,21,22). The molecule has 0 saturated carbocycles. The Labute approximate surface area is 154 Å². The minimum Gasteiger partial charge on any atom is -0.345 e. The topological polar surface area (TPSA) is 61.4 Å². The quantitative estimate of drug-likeness (QED) is 0.753. The summed E-state index contributed by atoms with van der Waals surface area (Å²) in [6, 6.07) is 11.0. The third-order valence-corrected chi connectivity index (χ3v) is 4.73. The van der Waals surface area contributed by atoms with Gasteiger partial charge in [-0.05, 0) is 35.9 Å². The van der Waals surface area contributed by atoms with E-state index in [2.05, 4.69) is 15.1 Å². The third kappa shape index (κ3) is 3.25. The number of hydrogen-bond donors (Lipinski definition) is 1. The molecule has 1 aromatic heterocycles. The zero-order valence-electron chi connectivity index (χ0n) is 13.2. The van der Waals surface area contributed by atoms with Crippen LogP contribution in [0, 0.1) is 0 Å². The Bertz CT molecular complexity index is 996. The van der Waals surface area contributed by atoms with Crippen molar-refractivity contribution in [3.63, 3.8) is 0 Å². The van der Waals surface area contributed by atoms with Gasteiger partial charge in [-0.2, -0.15) is 5.10 Å². The molecular formula is C18H14Cl2N4O. The molecule has 2 heterocycles. The Morgan fingerprint density at radius 1 is 1.20 bits per heavy atom. The van der Waals surface area contributed by atoms with Gasteiger partial charge in [-0.25, -0.2) is 9.99 Å². The molecule has 0 spiro atoms. The van der Waals surface area contributed by atoms with Crippen LogP contribution in [0.1, 0.15) is 17.5 Å². The molecule has 1 N–H and O–H groups in total. The summed E-state index contributed by atoms with van der Waals surface area (Å²) in [5.41, 5.74) is 4.29. The fraction of sp³-hybridized carbons (Fsp3) is 0.167. The van der Waals surface area contributed by atoms with Crippen molar-refractivity contribution in [3.05, 3.63) is 63.9 Å². The minimum absolute atomic E-state index is 0.0491. The first kappa shape index (κ1) is 16.1. The number of H-pyrrole nitrogens is 1. The molecule has 0 bridgehead atoms. The Kier molecular flexibility index (Phi) is 4.19. The van der Waals surface area contributed by atoms with E-state index >= 15 is 0 Å².